The van der Waals surface area contributed by atoms with E-state index in [0.29, 0.717) is 0 Å². The van der Waals surface area contributed by atoms with E-state index in [-0.39, 0.29) is 12.5 Å². The molecule has 2 aliphatic heterocycles. The van der Waals surface area contributed by atoms with Gasteiger partial charge in [0.05, 0.1) is 0 Å². The van der Waals surface area contributed by atoms with Crippen molar-refractivity contribution in [3.8, 4) is 0 Å². The van der Waals surface area contributed by atoms with Gasteiger partial charge in [0.25, 0.3) is 0 Å². The molecule has 2 heterocycles. The molecule has 2 fully saturated rings. The van der Waals surface area contributed by atoms with Crippen LogP contribution in [0.25, 0.3) is 0 Å². The zero-order valence-electron chi connectivity index (χ0n) is 16.1. The molecule has 0 aromatic heterocycles. The number of hydrogen-bond donors (Lipinski definition) is 2. The van der Waals surface area contributed by atoms with Crippen LogP contribution in [0.15, 0.2) is 4.99 Å². The number of aliphatic imine (C=N–C) groups is 1. The Balaban J connectivity index is 1.56. The van der Waals surface area contributed by atoms with Gasteiger partial charge in [-0.2, -0.15) is 0 Å². The molecule has 0 saturated carbocycles. The standard InChI is InChI=1S/C19H37N5O/c1-2-20-19(22-17-18(25)24-15-9-10-16-24)21-11-5-3-6-12-23-13-7-4-8-14-23/h2-17H2,1H3,(H2,20,21,22). The molecular weight excluding hydrogens is 314 g/mol. The second kappa shape index (κ2) is 12.1. The van der Waals surface area contributed by atoms with Gasteiger partial charge in [0.2, 0.25) is 5.91 Å². The number of amides is 1. The van der Waals surface area contributed by atoms with E-state index in [4.69, 9.17) is 0 Å². The maximum Gasteiger partial charge on any atom is 0.244 e. The monoisotopic (exact) mass is 351 g/mol. The van der Waals surface area contributed by atoms with Gasteiger partial charge in [0.1, 0.15) is 6.54 Å². The fraction of sp³-hybridized carbons (Fsp3) is 0.895. The first-order chi connectivity index (χ1) is 12.3. The molecule has 0 aromatic carbocycles. The smallest absolute Gasteiger partial charge is 0.244 e. The largest absolute Gasteiger partial charge is 0.357 e. The average molecular weight is 352 g/mol. The average Bonchev–Trinajstić information content (AvgIpc) is 3.18. The molecule has 0 spiro atoms. The van der Waals surface area contributed by atoms with Crippen molar-refractivity contribution in [3.05, 3.63) is 0 Å². The van der Waals surface area contributed by atoms with Gasteiger partial charge in [-0.05, 0) is 65.1 Å². The zero-order valence-corrected chi connectivity index (χ0v) is 16.1. The Morgan fingerprint density at radius 1 is 0.920 bits per heavy atom. The third kappa shape index (κ3) is 8.08. The summed E-state index contributed by atoms with van der Waals surface area (Å²) in [7, 11) is 0. The van der Waals surface area contributed by atoms with Crippen LogP contribution in [-0.4, -0.2) is 74.0 Å². The number of guanidine groups is 1. The number of unbranched alkanes of at least 4 members (excludes halogenated alkanes) is 2. The van der Waals surface area contributed by atoms with E-state index in [1.165, 1.54) is 51.7 Å². The molecule has 0 aliphatic carbocycles. The highest BCUT2D eigenvalue weighted by atomic mass is 16.2. The molecule has 0 radical (unpaired) electrons. The van der Waals surface area contributed by atoms with E-state index in [1.54, 1.807) is 0 Å². The molecule has 6 heteroatoms. The van der Waals surface area contributed by atoms with Crippen LogP contribution >= 0.6 is 0 Å². The van der Waals surface area contributed by atoms with E-state index in [9.17, 15) is 4.79 Å². The Bertz CT molecular complexity index is 401. The fourth-order valence-electron chi connectivity index (χ4n) is 3.58. The molecule has 0 unspecified atom stereocenters. The molecular formula is C19H37N5O. The molecule has 2 rings (SSSR count). The summed E-state index contributed by atoms with van der Waals surface area (Å²) in [4.78, 5) is 21.1. The lowest BCUT2D eigenvalue weighted by molar-refractivity contribution is -0.128. The number of nitrogens with zero attached hydrogens (tertiary/aromatic N) is 3. The van der Waals surface area contributed by atoms with Crippen molar-refractivity contribution in [1.82, 2.24) is 20.4 Å². The van der Waals surface area contributed by atoms with Crippen LogP contribution in [0, 0.1) is 0 Å². The van der Waals surface area contributed by atoms with Crippen LogP contribution < -0.4 is 10.6 Å². The van der Waals surface area contributed by atoms with Crippen LogP contribution in [-0.2, 0) is 4.79 Å². The summed E-state index contributed by atoms with van der Waals surface area (Å²) in [5, 5.41) is 6.59. The Kier molecular flexibility index (Phi) is 9.70. The lowest BCUT2D eigenvalue weighted by atomic mass is 10.1. The molecule has 2 saturated heterocycles. The first-order valence-corrected chi connectivity index (χ1v) is 10.3. The van der Waals surface area contributed by atoms with Gasteiger partial charge in [0.15, 0.2) is 5.96 Å². The number of piperidine rings is 1. The maximum absolute atomic E-state index is 12.1. The van der Waals surface area contributed by atoms with Crippen molar-refractivity contribution in [2.75, 3.05) is 52.4 Å². The summed E-state index contributed by atoms with van der Waals surface area (Å²) in [5.41, 5.74) is 0. The van der Waals surface area contributed by atoms with E-state index >= 15 is 0 Å². The molecule has 144 valence electrons. The molecule has 0 bridgehead atoms. The highest BCUT2D eigenvalue weighted by Gasteiger charge is 2.17. The third-order valence-corrected chi connectivity index (χ3v) is 5.07. The minimum absolute atomic E-state index is 0.149. The summed E-state index contributed by atoms with van der Waals surface area (Å²) in [6.07, 6.45) is 10.1. The van der Waals surface area contributed by atoms with Gasteiger partial charge in [-0.15, -0.1) is 0 Å². The van der Waals surface area contributed by atoms with Crippen molar-refractivity contribution in [3.63, 3.8) is 0 Å². The topological polar surface area (TPSA) is 60.0 Å². The summed E-state index contributed by atoms with van der Waals surface area (Å²) in [6, 6.07) is 0. The summed E-state index contributed by atoms with van der Waals surface area (Å²) in [5.74, 6) is 0.919. The van der Waals surface area contributed by atoms with Gasteiger partial charge >= 0.3 is 0 Å². The second-order valence-electron chi connectivity index (χ2n) is 7.17. The quantitative estimate of drug-likeness (QED) is 0.378. The van der Waals surface area contributed by atoms with Crippen LogP contribution in [0.2, 0.25) is 0 Å². The van der Waals surface area contributed by atoms with Gasteiger partial charge in [-0.1, -0.05) is 12.8 Å². The second-order valence-corrected chi connectivity index (χ2v) is 7.17. The minimum Gasteiger partial charge on any atom is -0.357 e. The molecule has 2 N–H and O–H groups in total. The Morgan fingerprint density at radius 3 is 2.36 bits per heavy atom. The molecule has 1 amide bonds. The molecule has 0 aromatic rings. The molecule has 2 aliphatic rings. The number of likely N-dealkylation sites (tertiary alicyclic amines) is 2. The highest BCUT2D eigenvalue weighted by Crippen LogP contribution is 2.10. The lowest BCUT2D eigenvalue weighted by Gasteiger charge is -2.26. The predicted octanol–water partition coefficient (Wildman–Crippen LogP) is 1.82. The van der Waals surface area contributed by atoms with Gasteiger partial charge in [0, 0.05) is 26.2 Å². The third-order valence-electron chi connectivity index (χ3n) is 5.07. The number of carbonyl (C=O) groups excluding carboxylic acids is 1. The minimum atomic E-state index is 0.149. The normalized spacial score (nSPS) is 19.2. The van der Waals surface area contributed by atoms with Crippen molar-refractivity contribution in [1.29, 1.82) is 0 Å². The van der Waals surface area contributed by atoms with Crippen LogP contribution in [0.3, 0.4) is 0 Å². The van der Waals surface area contributed by atoms with Crippen LogP contribution in [0.1, 0.15) is 58.3 Å². The van der Waals surface area contributed by atoms with Crippen molar-refractivity contribution < 1.29 is 4.79 Å². The zero-order chi connectivity index (χ0) is 17.7. The van der Waals surface area contributed by atoms with Gasteiger partial charge in [-0.3, -0.25) is 4.79 Å². The van der Waals surface area contributed by atoms with Crippen LogP contribution in [0.5, 0.6) is 0 Å². The SMILES string of the molecule is CCNC(=NCC(=O)N1CCCC1)NCCCCCN1CCCCC1. The Labute approximate surface area is 153 Å². The predicted molar refractivity (Wildman–Crippen MR) is 104 cm³/mol. The summed E-state index contributed by atoms with van der Waals surface area (Å²) >= 11 is 0. The van der Waals surface area contributed by atoms with Gasteiger partial charge in [-0.25, -0.2) is 4.99 Å². The van der Waals surface area contributed by atoms with E-state index in [0.717, 1.165) is 51.4 Å². The highest BCUT2D eigenvalue weighted by molar-refractivity contribution is 5.85. The van der Waals surface area contributed by atoms with Crippen LogP contribution in [0.4, 0.5) is 0 Å². The van der Waals surface area contributed by atoms with E-state index in [1.807, 2.05) is 4.90 Å². The van der Waals surface area contributed by atoms with Crippen molar-refractivity contribution in [2.24, 2.45) is 4.99 Å². The first-order valence-electron chi connectivity index (χ1n) is 10.3. The summed E-state index contributed by atoms with van der Waals surface area (Å²) in [6.45, 7) is 9.68. The van der Waals surface area contributed by atoms with Gasteiger partial charge < -0.3 is 20.4 Å². The Morgan fingerprint density at radius 2 is 1.64 bits per heavy atom. The van der Waals surface area contributed by atoms with E-state index < -0.39 is 0 Å². The Hall–Kier alpha value is -1.30. The maximum atomic E-state index is 12.1. The summed E-state index contributed by atoms with van der Waals surface area (Å²) < 4.78 is 0. The number of nitrogens with one attached hydrogen (secondary N) is 2. The number of carbonyl (C=O) groups is 1. The van der Waals surface area contributed by atoms with Crippen molar-refractivity contribution in [2.45, 2.75) is 58.3 Å². The fourth-order valence-corrected chi connectivity index (χ4v) is 3.58. The van der Waals surface area contributed by atoms with E-state index in [2.05, 4.69) is 27.4 Å². The molecule has 25 heavy (non-hydrogen) atoms. The number of hydrogen-bond acceptors (Lipinski definition) is 3. The molecule has 0 atom stereocenters. The molecule has 6 nitrogen and oxygen atoms in total. The van der Waals surface area contributed by atoms with Crippen molar-refractivity contribution >= 4 is 11.9 Å². The first kappa shape index (κ1) is 20.0. The lowest BCUT2D eigenvalue weighted by Crippen LogP contribution is -2.39. The number of rotatable bonds is 9.